The molecule has 0 amide bonds. The van der Waals surface area contributed by atoms with Crippen LogP contribution in [0, 0.1) is 5.92 Å². The highest BCUT2D eigenvalue weighted by Gasteiger charge is 2.23. The van der Waals surface area contributed by atoms with E-state index in [4.69, 9.17) is 4.42 Å². The highest BCUT2D eigenvalue weighted by Crippen LogP contribution is 2.25. The Hall–Kier alpha value is -2.69. The molecule has 0 aliphatic carbocycles. The molecule has 0 radical (unpaired) electrons. The zero-order valence-corrected chi connectivity index (χ0v) is 19.8. The van der Waals surface area contributed by atoms with Crippen LogP contribution in [0.15, 0.2) is 59.0 Å². The fourth-order valence-corrected chi connectivity index (χ4v) is 4.72. The minimum absolute atomic E-state index is 0.0375. The number of rotatable bonds is 12. The number of hydrogen-bond donors (Lipinski definition) is 1. The van der Waals surface area contributed by atoms with Gasteiger partial charge in [0.2, 0.25) is 5.89 Å². The number of benzene rings is 2. The molecule has 0 saturated carbocycles. The first-order valence-corrected chi connectivity index (χ1v) is 11.8. The smallest absolute Gasteiger partial charge is 0.314 e. The van der Waals surface area contributed by atoms with Gasteiger partial charge in [0.1, 0.15) is 0 Å². The molecule has 0 spiro atoms. The molecule has 3 aromatic rings. The molecule has 1 atom stereocenters. The van der Waals surface area contributed by atoms with E-state index in [-0.39, 0.29) is 5.89 Å². The van der Waals surface area contributed by atoms with Crippen LogP contribution in [-0.2, 0) is 17.7 Å². The Balaban J connectivity index is 1.83. The van der Waals surface area contributed by atoms with E-state index >= 15 is 0 Å². The van der Waals surface area contributed by atoms with E-state index in [1.54, 1.807) is 12.1 Å². The molecule has 10 heteroatoms. The van der Waals surface area contributed by atoms with E-state index in [9.17, 15) is 13.0 Å². The standard InChI is InChI=1S/C23H29F2N5O2S/c1-17(2)15-29(14-13-26-3)33(31)30(20-7-5-4-6-8-20)16-18-9-11-19(12-10-18)22-27-28-23(32-22)21(24)25/h4-12,17,21,26H,13-16H2,1-3H3. The number of nitrogens with zero attached hydrogens (tertiary/aromatic N) is 4. The van der Waals surface area contributed by atoms with E-state index in [0.29, 0.717) is 31.1 Å². The van der Waals surface area contributed by atoms with Gasteiger partial charge in [0, 0.05) is 25.2 Å². The van der Waals surface area contributed by atoms with Crippen molar-refractivity contribution in [1.82, 2.24) is 19.8 Å². The molecule has 1 aromatic heterocycles. The van der Waals surface area contributed by atoms with Gasteiger partial charge in [-0.25, -0.2) is 8.51 Å². The van der Waals surface area contributed by atoms with Crippen molar-refractivity contribution in [3.63, 3.8) is 0 Å². The first-order valence-electron chi connectivity index (χ1n) is 10.7. The lowest BCUT2D eigenvalue weighted by molar-refractivity contribution is 0.116. The number of para-hydroxylation sites is 1. The molecular formula is C23H29F2N5O2S. The Morgan fingerprint density at radius 1 is 1.06 bits per heavy atom. The molecule has 2 aromatic carbocycles. The number of nitrogens with one attached hydrogen (secondary N) is 1. The van der Waals surface area contributed by atoms with Gasteiger partial charge in [0.25, 0.3) is 5.89 Å². The van der Waals surface area contributed by atoms with Crippen molar-refractivity contribution < 1.29 is 17.4 Å². The lowest BCUT2D eigenvalue weighted by Gasteiger charge is -2.31. The number of halogens is 2. The van der Waals surface area contributed by atoms with Crippen LogP contribution in [0.2, 0.25) is 0 Å². The number of hydrogen-bond acceptors (Lipinski definition) is 5. The van der Waals surface area contributed by atoms with Gasteiger partial charge in [-0.2, -0.15) is 8.78 Å². The van der Waals surface area contributed by atoms with Gasteiger partial charge >= 0.3 is 6.43 Å². The zero-order valence-electron chi connectivity index (χ0n) is 18.9. The molecule has 33 heavy (non-hydrogen) atoms. The lowest BCUT2D eigenvalue weighted by atomic mass is 10.1. The number of anilines is 1. The Labute approximate surface area is 195 Å². The summed E-state index contributed by atoms with van der Waals surface area (Å²) in [6, 6.07) is 16.8. The van der Waals surface area contributed by atoms with Crippen molar-refractivity contribution in [3.8, 4) is 11.5 Å². The fraction of sp³-hybridized carbons (Fsp3) is 0.391. The van der Waals surface area contributed by atoms with Crippen molar-refractivity contribution in [2.75, 3.05) is 31.0 Å². The van der Waals surface area contributed by atoms with Gasteiger partial charge in [0.15, 0.2) is 11.2 Å². The lowest BCUT2D eigenvalue weighted by Crippen LogP contribution is -2.43. The molecular weight excluding hydrogens is 448 g/mol. The van der Waals surface area contributed by atoms with Gasteiger partial charge in [-0.3, -0.25) is 4.31 Å². The number of aromatic nitrogens is 2. The van der Waals surface area contributed by atoms with Crippen molar-refractivity contribution >= 4 is 16.9 Å². The maximum absolute atomic E-state index is 13.7. The molecule has 178 valence electrons. The van der Waals surface area contributed by atoms with Crippen LogP contribution < -0.4 is 9.62 Å². The summed E-state index contributed by atoms with van der Waals surface area (Å²) in [5.74, 6) is -0.308. The quantitative estimate of drug-likeness (QED) is 0.418. The van der Waals surface area contributed by atoms with Gasteiger partial charge < -0.3 is 9.73 Å². The molecule has 1 heterocycles. The summed E-state index contributed by atoms with van der Waals surface area (Å²) in [5.41, 5.74) is 2.29. The second-order valence-electron chi connectivity index (χ2n) is 7.93. The minimum Gasteiger partial charge on any atom is -0.415 e. The van der Waals surface area contributed by atoms with E-state index < -0.39 is 23.5 Å². The van der Waals surface area contributed by atoms with Crippen LogP contribution in [-0.4, -0.2) is 45.4 Å². The van der Waals surface area contributed by atoms with Crippen LogP contribution >= 0.6 is 0 Å². The first kappa shape index (κ1) is 24.9. The van der Waals surface area contributed by atoms with Gasteiger partial charge in [0.05, 0.1) is 12.2 Å². The summed E-state index contributed by atoms with van der Waals surface area (Å²) < 4.78 is 48.0. The van der Waals surface area contributed by atoms with Gasteiger partial charge in [-0.15, -0.1) is 10.2 Å². The van der Waals surface area contributed by atoms with Crippen LogP contribution in [0.25, 0.3) is 11.5 Å². The number of likely N-dealkylation sites (N-methyl/N-ethyl adjacent to an activating group) is 1. The minimum atomic E-state index is -2.81. The third kappa shape index (κ3) is 6.89. The highest BCUT2D eigenvalue weighted by atomic mass is 32.2. The highest BCUT2D eigenvalue weighted by molar-refractivity contribution is 7.84. The van der Waals surface area contributed by atoms with E-state index in [0.717, 1.165) is 17.8 Å². The SMILES string of the molecule is CNCCN(CC(C)C)S(=O)N(Cc1ccc(-c2nnc(C(F)F)o2)cc1)c1ccccc1. The van der Waals surface area contributed by atoms with Gasteiger partial charge in [-0.1, -0.05) is 44.2 Å². The van der Waals surface area contributed by atoms with Crippen LogP contribution in [0.4, 0.5) is 14.5 Å². The zero-order chi connectivity index (χ0) is 23.8. The van der Waals surface area contributed by atoms with E-state index in [1.165, 1.54) is 0 Å². The molecule has 1 unspecified atom stereocenters. The molecule has 0 bridgehead atoms. The van der Waals surface area contributed by atoms with E-state index in [2.05, 4.69) is 29.4 Å². The average Bonchev–Trinajstić information content (AvgIpc) is 3.31. The summed E-state index contributed by atoms with van der Waals surface area (Å²) in [6.45, 7) is 6.67. The Morgan fingerprint density at radius 2 is 1.76 bits per heavy atom. The Bertz CT molecular complexity index is 1020. The van der Waals surface area contributed by atoms with Crippen LogP contribution in [0.3, 0.4) is 0 Å². The molecule has 0 aliphatic rings. The van der Waals surface area contributed by atoms with E-state index in [1.807, 2.05) is 58.1 Å². The average molecular weight is 478 g/mol. The van der Waals surface area contributed by atoms with Crippen LogP contribution in [0.5, 0.6) is 0 Å². The summed E-state index contributed by atoms with van der Waals surface area (Å²) in [7, 11) is 1.88. The van der Waals surface area contributed by atoms with Crippen molar-refractivity contribution in [2.24, 2.45) is 5.92 Å². The topological polar surface area (TPSA) is 74.5 Å². The predicted molar refractivity (Wildman–Crippen MR) is 126 cm³/mol. The van der Waals surface area contributed by atoms with Crippen molar-refractivity contribution in [3.05, 3.63) is 66.1 Å². The second-order valence-corrected chi connectivity index (χ2v) is 9.35. The normalized spacial score (nSPS) is 12.6. The Morgan fingerprint density at radius 3 is 2.33 bits per heavy atom. The molecule has 0 saturated heterocycles. The fourth-order valence-electron chi connectivity index (χ4n) is 3.21. The van der Waals surface area contributed by atoms with Crippen molar-refractivity contribution in [1.29, 1.82) is 0 Å². The van der Waals surface area contributed by atoms with Crippen LogP contribution in [0.1, 0.15) is 31.7 Å². The second kappa shape index (κ2) is 12.0. The summed E-state index contributed by atoms with van der Waals surface area (Å²) >= 11 is -1.41. The third-order valence-electron chi connectivity index (χ3n) is 4.79. The Kier molecular flexibility index (Phi) is 9.04. The summed E-state index contributed by atoms with van der Waals surface area (Å²) in [6.07, 6.45) is -2.81. The number of alkyl halides is 2. The molecule has 7 nitrogen and oxygen atoms in total. The monoisotopic (exact) mass is 477 g/mol. The molecule has 1 N–H and O–H groups in total. The maximum atomic E-state index is 13.7. The molecule has 0 aliphatic heterocycles. The summed E-state index contributed by atoms with van der Waals surface area (Å²) in [5, 5.41) is 10.2. The largest absolute Gasteiger partial charge is 0.415 e. The summed E-state index contributed by atoms with van der Waals surface area (Å²) in [4.78, 5) is 0. The molecule has 0 fully saturated rings. The first-order chi connectivity index (χ1) is 15.9. The maximum Gasteiger partial charge on any atom is 0.314 e. The van der Waals surface area contributed by atoms with Crippen molar-refractivity contribution in [2.45, 2.75) is 26.8 Å². The third-order valence-corrected chi connectivity index (χ3v) is 6.28. The van der Waals surface area contributed by atoms with Gasteiger partial charge in [-0.05, 0) is 42.8 Å². The molecule has 3 rings (SSSR count). The predicted octanol–water partition coefficient (Wildman–Crippen LogP) is 4.44.